The van der Waals surface area contributed by atoms with Crippen molar-refractivity contribution < 1.29 is 9.90 Å². The molecular weight excluding hydrogens is 240 g/mol. The van der Waals surface area contributed by atoms with Crippen molar-refractivity contribution in [1.82, 2.24) is 5.32 Å². The van der Waals surface area contributed by atoms with Crippen LogP contribution in [0.1, 0.15) is 38.2 Å². The van der Waals surface area contributed by atoms with E-state index in [0.29, 0.717) is 5.69 Å². The van der Waals surface area contributed by atoms with Gasteiger partial charge in [0.25, 0.3) is 0 Å². The predicted octanol–water partition coefficient (Wildman–Crippen LogP) is 2.56. The zero-order chi connectivity index (χ0) is 13.9. The van der Waals surface area contributed by atoms with Crippen LogP contribution in [-0.2, 0) is 4.79 Å². The average Bonchev–Trinajstić information content (AvgIpc) is 2.84. The molecule has 1 amide bonds. The normalized spacial score (nSPS) is 22.4. The standard InChI is InChI=1S/C15H22N2O2/c1-3-7-15(8-4-9-16-15)14(19)17-12-6-5-11(2)13(18)10-12/h5-6,10,16,18H,3-4,7-9H2,1-2H3,(H,17,19). The van der Waals surface area contributed by atoms with Gasteiger partial charge in [-0.05, 0) is 44.4 Å². The number of anilines is 1. The van der Waals surface area contributed by atoms with Crippen LogP contribution in [0.4, 0.5) is 5.69 Å². The second-order valence-electron chi connectivity index (χ2n) is 5.32. The molecule has 4 heteroatoms. The van der Waals surface area contributed by atoms with E-state index in [-0.39, 0.29) is 11.7 Å². The minimum absolute atomic E-state index is 0.00935. The summed E-state index contributed by atoms with van der Waals surface area (Å²) >= 11 is 0. The number of carbonyl (C=O) groups is 1. The Balaban J connectivity index is 2.12. The molecule has 1 unspecified atom stereocenters. The number of benzene rings is 1. The lowest BCUT2D eigenvalue weighted by Crippen LogP contribution is -2.50. The minimum atomic E-state index is -0.435. The number of hydrogen-bond acceptors (Lipinski definition) is 3. The number of nitrogens with one attached hydrogen (secondary N) is 2. The van der Waals surface area contributed by atoms with E-state index in [1.165, 1.54) is 0 Å². The molecule has 1 saturated heterocycles. The third-order valence-corrected chi connectivity index (χ3v) is 3.82. The van der Waals surface area contributed by atoms with Crippen molar-refractivity contribution in [3.05, 3.63) is 23.8 Å². The summed E-state index contributed by atoms with van der Waals surface area (Å²) in [5, 5.41) is 15.9. The van der Waals surface area contributed by atoms with Gasteiger partial charge < -0.3 is 15.7 Å². The first-order valence-electron chi connectivity index (χ1n) is 6.93. The number of aromatic hydroxyl groups is 1. The van der Waals surface area contributed by atoms with Crippen molar-refractivity contribution in [2.45, 2.75) is 45.1 Å². The molecule has 1 heterocycles. The maximum absolute atomic E-state index is 12.5. The van der Waals surface area contributed by atoms with Crippen molar-refractivity contribution in [2.75, 3.05) is 11.9 Å². The molecule has 0 aliphatic carbocycles. The van der Waals surface area contributed by atoms with Gasteiger partial charge in [-0.2, -0.15) is 0 Å². The molecule has 1 aliphatic rings. The molecule has 0 saturated carbocycles. The van der Waals surface area contributed by atoms with Crippen LogP contribution < -0.4 is 10.6 Å². The van der Waals surface area contributed by atoms with E-state index in [9.17, 15) is 9.90 Å². The molecule has 0 radical (unpaired) electrons. The van der Waals surface area contributed by atoms with E-state index in [0.717, 1.165) is 37.8 Å². The lowest BCUT2D eigenvalue weighted by Gasteiger charge is -2.27. The smallest absolute Gasteiger partial charge is 0.244 e. The van der Waals surface area contributed by atoms with E-state index in [1.54, 1.807) is 12.1 Å². The molecule has 0 aromatic heterocycles. The number of carbonyl (C=O) groups excluding carboxylic acids is 1. The van der Waals surface area contributed by atoms with Crippen LogP contribution >= 0.6 is 0 Å². The number of rotatable bonds is 4. The largest absolute Gasteiger partial charge is 0.508 e. The number of phenols is 1. The monoisotopic (exact) mass is 262 g/mol. The molecule has 0 spiro atoms. The van der Waals surface area contributed by atoms with Crippen LogP contribution in [0.2, 0.25) is 0 Å². The van der Waals surface area contributed by atoms with Gasteiger partial charge >= 0.3 is 0 Å². The lowest BCUT2D eigenvalue weighted by molar-refractivity contribution is -0.122. The highest BCUT2D eigenvalue weighted by atomic mass is 16.3. The van der Waals surface area contributed by atoms with Crippen molar-refractivity contribution in [3.63, 3.8) is 0 Å². The van der Waals surface area contributed by atoms with Crippen LogP contribution in [0.25, 0.3) is 0 Å². The Bertz CT molecular complexity index is 465. The van der Waals surface area contributed by atoms with Crippen molar-refractivity contribution in [1.29, 1.82) is 0 Å². The Labute approximate surface area is 114 Å². The van der Waals surface area contributed by atoms with Gasteiger partial charge in [-0.3, -0.25) is 4.79 Å². The molecular formula is C15H22N2O2. The maximum atomic E-state index is 12.5. The van der Waals surface area contributed by atoms with Crippen LogP contribution in [0.15, 0.2) is 18.2 Å². The summed E-state index contributed by atoms with van der Waals surface area (Å²) in [5.41, 5.74) is 1.02. The Kier molecular flexibility index (Phi) is 4.10. The van der Waals surface area contributed by atoms with Crippen molar-refractivity contribution >= 4 is 11.6 Å². The summed E-state index contributed by atoms with van der Waals surface area (Å²) in [6, 6.07) is 5.23. The van der Waals surface area contributed by atoms with Gasteiger partial charge in [0.05, 0.1) is 5.54 Å². The van der Waals surface area contributed by atoms with Crippen LogP contribution in [-0.4, -0.2) is 23.1 Å². The third kappa shape index (κ3) is 2.89. The molecule has 19 heavy (non-hydrogen) atoms. The Morgan fingerprint density at radius 2 is 2.32 bits per heavy atom. The SMILES string of the molecule is CCCC1(C(=O)Nc2ccc(C)c(O)c2)CCCN1. The predicted molar refractivity (Wildman–Crippen MR) is 76.3 cm³/mol. The van der Waals surface area contributed by atoms with E-state index in [1.807, 2.05) is 13.0 Å². The number of hydrogen-bond donors (Lipinski definition) is 3. The van der Waals surface area contributed by atoms with Gasteiger partial charge in [0.1, 0.15) is 5.75 Å². The first-order chi connectivity index (χ1) is 9.07. The lowest BCUT2D eigenvalue weighted by atomic mass is 9.90. The van der Waals surface area contributed by atoms with Gasteiger partial charge in [0, 0.05) is 11.8 Å². The summed E-state index contributed by atoms with van der Waals surface area (Å²) in [6.45, 7) is 4.82. The first kappa shape index (κ1) is 13.9. The molecule has 4 nitrogen and oxygen atoms in total. The van der Waals surface area contributed by atoms with E-state index in [2.05, 4.69) is 17.6 Å². The highest BCUT2D eigenvalue weighted by molar-refractivity contribution is 5.98. The van der Waals surface area contributed by atoms with Crippen molar-refractivity contribution in [2.24, 2.45) is 0 Å². The highest BCUT2D eigenvalue weighted by Crippen LogP contribution is 2.27. The average molecular weight is 262 g/mol. The fraction of sp³-hybridized carbons (Fsp3) is 0.533. The topological polar surface area (TPSA) is 61.4 Å². The molecule has 2 rings (SSSR count). The minimum Gasteiger partial charge on any atom is -0.508 e. The van der Waals surface area contributed by atoms with E-state index >= 15 is 0 Å². The van der Waals surface area contributed by atoms with Crippen LogP contribution in [0.5, 0.6) is 5.75 Å². The maximum Gasteiger partial charge on any atom is 0.244 e. The van der Waals surface area contributed by atoms with Gasteiger partial charge in [0.15, 0.2) is 0 Å². The second kappa shape index (κ2) is 5.61. The quantitative estimate of drug-likeness (QED) is 0.781. The third-order valence-electron chi connectivity index (χ3n) is 3.82. The highest BCUT2D eigenvalue weighted by Gasteiger charge is 2.39. The Hall–Kier alpha value is -1.55. The zero-order valence-electron chi connectivity index (χ0n) is 11.6. The number of phenolic OH excluding ortho intramolecular Hbond substituents is 1. The van der Waals surface area contributed by atoms with Crippen molar-refractivity contribution in [3.8, 4) is 5.75 Å². The van der Waals surface area contributed by atoms with Gasteiger partial charge in [-0.15, -0.1) is 0 Å². The van der Waals surface area contributed by atoms with Gasteiger partial charge in [0.2, 0.25) is 5.91 Å². The molecule has 1 aliphatic heterocycles. The van der Waals surface area contributed by atoms with E-state index in [4.69, 9.17) is 0 Å². The van der Waals surface area contributed by atoms with Crippen LogP contribution in [0.3, 0.4) is 0 Å². The number of amides is 1. The molecule has 104 valence electrons. The summed E-state index contributed by atoms with van der Waals surface area (Å²) in [7, 11) is 0. The van der Waals surface area contributed by atoms with Gasteiger partial charge in [-0.1, -0.05) is 19.4 Å². The molecule has 1 aromatic carbocycles. The summed E-state index contributed by atoms with van der Waals surface area (Å²) in [6.07, 6.45) is 3.73. The summed E-state index contributed by atoms with van der Waals surface area (Å²) < 4.78 is 0. The van der Waals surface area contributed by atoms with Gasteiger partial charge in [-0.25, -0.2) is 0 Å². The molecule has 1 fully saturated rings. The molecule has 1 atom stereocenters. The molecule has 1 aromatic rings. The first-order valence-corrected chi connectivity index (χ1v) is 6.93. The van der Waals surface area contributed by atoms with E-state index < -0.39 is 5.54 Å². The summed E-state index contributed by atoms with van der Waals surface area (Å²) in [4.78, 5) is 12.5. The number of aryl methyl sites for hydroxylation is 1. The van der Waals surface area contributed by atoms with Crippen LogP contribution in [0, 0.1) is 6.92 Å². The fourth-order valence-corrected chi connectivity index (χ4v) is 2.69. The summed E-state index contributed by atoms with van der Waals surface area (Å²) in [5.74, 6) is 0.219. The second-order valence-corrected chi connectivity index (χ2v) is 5.32. The Morgan fingerprint density at radius 1 is 1.53 bits per heavy atom. The fourth-order valence-electron chi connectivity index (χ4n) is 2.69. The zero-order valence-corrected chi connectivity index (χ0v) is 11.6. The Morgan fingerprint density at radius 3 is 2.89 bits per heavy atom. The molecule has 0 bridgehead atoms. The molecule has 3 N–H and O–H groups in total.